The number of fused-ring (bicyclic) bond motifs is 1. The summed E-state index contributed by atoms with van der Waals surface area (Å²) >= 11 is 0. The van der Waals surface area contributed by atoms with E-state index in [2.05, 4.69) is 9.88 Å². The quantitative estimate of drug-likeness (QED) is 0.761. The topological polar surface area (TPSA) is 73.8 Å². The number of benzene rings is 1. The van der Waals surface area contributed by atoms with Crippen molar-refractivity contribution < 1.29 is 18.8 Å². The lowest BCUT2D eigenvalue weighted by molar-refractivity contribution is -0.131. The van der Waals surface area contributed by atoms with Crippen LogP contribution in [0.3, 0.4) is 0 Å². The zero-order valence-electron chi connectivity index (χ0n) is 14.5. The minimum atomic E-state index is -0.533. The van der Waals surface area contributed by atoms with Crippen LogP contribution in [0, 0.1) is 5.82 Å². The van der Waals surface area contributed by atoms with Gasteiger partial charge >= 0.3 is 0 Å². The van der Waals surface area contributed by atoms with E-state index in [1.165, 1.54) is 24.4 Å². The number of anilines is 1. The summed E-state index contributed by atoms with van der Waals surface area (Å²) in [7, 11) is 0. The fraction of sp³-hybridized carbons (Fsp3) is 0.263. The summed E-state index contributed by atoms with van der Waals surface area (Å²) < 4.78 is 13.0. The molecule has 0 bridgehead atoms. The highest BCUT2D eigenvalue weighted by Gasteiger charge is 2.38. The molecular formula is C19H17FN4O3. The van der Waals surface area contributed by atoms with Gasteiger partial charge in [-0.05, 0) is 36.4 Å². The highest BCUT2D eigenvalue weighted by atomic mass is 19.1. The minimum Gasteiger partial charge on any atom is -0.368 e. The van der Waals surface area contributed by atoms with Gasteiger partial charge in [0.15, 0.2) is 0 Å². The molecule has 0 spiro atoms. The second kappa shape index (κ2) is 6.79. The molecule has 0 radical (unpaired) electrons. The number of halogens is 1. The highest BCUT2D eigenvalue weighted by Crippen LogP contribution is 2.21. The van der Waals surface area contributed by atoms with E-state index in [1.807, 2.05) is 0 Å². The largest absolute Gasteiger partial charge is 0.368 e. The fourth-order valence-electron chi connectivity index (χ4n) is 3.36. The summed E-state index contributed by atoms with van der Waals surface area (Å²) in [6.45, 7) is 1.85. The minimum absolute atomic E-state index is 0.0939. The molecule has 1 aromatic carbocycles. The molecule has 1 saturated heterocycles. The smallest absolute Gasteiger partial charge is 0.280 e. The van der Waals surface area contributed by atoms with Gasteiger partial charge in [-0.25, -0.2) is 4.39 Å². The predicted molar refractivity (Wildman–Crippen MR) is 94.8 cm³/mol. The number of rotatable bonds is 3. The number of imide groups is 1. The van der Waals surface area contributed by atoms with E-state index < -0.39 is 11.8 Å². The van der Waals surface area contributed by atoms with Crippen molar-refractivity contribution >= 4 is 23.4 Å². The number of aromatic nitrogens is 1. The van der Waals surface area contributed by atoms with E-state index in [0.29, 0.717) is 26.2 Å². The Hall–Kier alpha value is -3.29. The number of nitrogens with zero attached hydrogens (tertiary/aromatic N) is 4. The number of carbonyl (C=O) groups is 3. The van der Waals surface area contributed by atoms with E-state index in [1.54, 1.807) is 23.1 Å². The van der Waals surface area contributed by atoms with Gasteiger partial charge in [0.05, 0.1) is 5.56 Å². The monoisotopic (exact) mass is 368 g/mol. The summed E-state index contributed by atoms with van der Waals surface area (Å²) in [5.41, 5.74) is 1.22. The SMILES string of the molecule is O=C(CN1C(=O)c2cccnc2C1=O)N1CCN(c2ccc(F)cc2)CC1. The Kier molecular flexibility index (Phi) is 4.31. The number of hydrogen-bond donors (Lipinski definition) is 0. The third-order valence-corrected chi connectivity index (χ3v) is 4.85. The molecule has 27 heavy (non-hydrogen) atoms. The standard InChI is InChI=1S/C19H17FN4O3/c20-13-3-5-14(6-4-13)22-8-10-23(11-9-22)16(25)12-24-18(26)15-2-1-7-21-17(15)19(24)27/h1-7H,8-12H2. The number of piperazine rings is 1. The number of hydrogen-bond acceptors (Lipinski definition) is 5. The zero-order chi connectivity index (χ0) is 19.0. The molecular weight excluding hydrogens is 351 g/mol. The molecule has 138 valence electrons. The van der Waals surface area contributed by atoms with Crippen molar-refractivity contribution in [2.75, 3.05) is 37.6 Å². The molecule has 1 aromatic heterocycles. The number of pyridine rings is 1. The van der Waals surface area contributed by atoms with Gasteiger partial charge in [-0.1, -0.05) is 0 Å². The summed E-state index contributed by atoms with van der Waals surface area (Å²) in [6.07, 6.45) is 1.45. The van der Waals surface area contributed by atoms with E-state index in [-0.39, 0.29) is 29.5 Å². The van der Waals surface area contributed by atoms with Gasteiger partial charge in [0.1, 0.15) is 18.1 Å². The van der Waals surface area contributed by atoms with Crippen LogP contribution in [-0.4, -0.2) is 65.2 Å². The number of carbonyl (C=O) groups excluding carboxylic acids is 3. The third-order valence-electron chi connectivity index (χ3n) is 4.85. The summed E-state index contributed by atoms with van der Waals surface area (Å²) in [5, 5.41) is 0. The Balaban J connectivity index is 1.37. The van der Waals surface area contributed by atoms with Gasteiger partial charge in [0.25, 0.3) is 11.8 Å². The Morgan fingerprint density at radius 1 is 1.00 bits per heavy atom. The lowest BCUT2D eigenvalue weighted by Gasteiger charge is -2.36. The van der Waals surface area contributed by atoms with Crippen LogP contribution in [0.5, 0.6) is 0 Å². The van der Waals surface area contributed by atoms with E-state index in [0.717, 1.165) is 10.6 Å². The van der Waals surface area contributed by atoms with Crippen LogP contribution < -0.4 is 4.90 Å². The molecule has 3 heterocycles. The Morgan fingerprint density at radius 2 is 1.70 bits per heavy atom. The van der Waals surface area contributed by atoms with Crippen molar-refractivity contribution in [3.8, 4) is 0 Å². The van der Waals surface area contributed by atoms with Gasteiger partial charge in [-0.2, -0.15) is 0 Å². The predicted octanol–water partition coefficient (Wildman–Crippen LogP) is 1.17. The van der Waals surface area contributed by atoms with Crippen molar-refractivity contribution in [2.45, 2.75) is 0 Å². The molecule has 2 aliphatic heterocycles. The first kappa shape index (κ1) is 17.1. The second-order valence-electron chi connectivity index (χ2n) is 6.44. The van der Waals surface area contributed by atoms with Crippen LogP contribution in [0.4, 0.5) is 10.1 Å². The summed E-state index contributed by atoms with van der Waals surface area (Å²) in [4.78, 5) is 45.8. The molecule has 0 unspecified atom stereocenters. The van der Waals surface area contributed by atoms with E-state index in [4.69, 9.17) is 0 Å². The zero-order valence-corrected chi connectivity index (χ0v) is 14.5. The van der Waals surface area contributed by atoms with Crippen LogP contribution in [-0.2, 0) is 4.79 Å². The van der Waals surface area contributed by atoms with E-state index in [9.17, 15) is 18.8 Å². The van der Waals surface area contributed by atoms with Crippen molar-refractivity contribution in [1.29, 1.82) is 0 Å². The summed E-state index contributed by atoms with van der Waals surface area (Å²) in [6, 6.07) is 9.35. The molecule has 3 amide bonds. The van der Waals surface area contributed by atoms with Crippen LogP contribution in [0.25, 0.3) is 0 Å². The first-order chi connectivity index (χ1) is 13.0. The molecule has 2 aromatic rings. The lowest BCUT2D eigenvalue weighted by Crippen LogP contribution is -2.51. The van der Waals surface area contributed by atoms with Crippen LogP contribution >= 0.6 is 0 Å². The third kappa shape index (κ3) is 3.14. The Labute approximate surface area is 155 Å². The maximum atomic E-state index is 13.0. The second-order valence-corrected chi connectivity index (χ2v) is 6.44. The Morgan fingerprint density at radius 3 is 2.37 bits per heavy atom. The molecule has 0 aliphatic carbocycles. The van der Waals surface area contributed by atoms with Crippen molar-refractivity contribution in [3.05, 3.63) is 59.7 Å². The normalized spacial score (nSPS) is 16.7. The molecule has 1 fully saturated rings. The van der Waals surface area contributed by atoms with E-state index >= 15 is 0 Å². The van der Waals surface area contributed by atoms with Crippen molar-refractivity contribution in [2.24, 2.45) is 0 Å². The maximum absolute atomic E-state index is 13.0. The first-order valence-corrected chi connectivity index (χ1v) is 8.64. The molecule has 0 N–H and O–H groups in total. The maximum Gasteiger partial charge on any atom is 0.280 e. The molecule has 2 aliphatic rings. The van der Waals surface area contributed by atoms with Gasteiger partial charge in [0.2, 0.25) is 5.91 Å². The average Bonchev–Trinajstić information content (AvgIpc) is 2.94. The molecule has 7 nitrogen and oxygen atoms in total. The summed E-state index contributed by atoms with van der Waals surface area (Å²) in [5.74, 6) is -1.58. The average molecular weight is 368 g/mol. The van der Waals surface area contributed by atoms with Gasteiger partial charge in [0, 0.05) is 38.1 Å². The van der Waals surface area contributed by atoms with Gasteiger partial charge in [-0.3, -0.25) is 24.3 Å². The fourth-order valence-corrected chi connectivity index (χ4v) is 3.36. The number of amides is 3. The van der Waals surface area contributed by atoms with Crippen LogP contribution in [0.1, 0.15) is 20.8 Å². The van der Waals surface area contributed by atoms with Crippen LogP contribution in [0.15, 0.2) is 42.6 Å². The lowest BCUT2D eigenvalue weighted by atomic mass is 10.2. The highest BCUT2D eigenvalue weighted by molar-refractivity contribution is 6.21. The van der Waals surface area contributed by atoms with Gasteiger partial charge in [-0.15, -0.1) is 0 Å². The molecule has 4 rings (SSSR count). The Bertz CT molecular complexity index is 872. The van der Waals surface area contributed by atoms with Crippen LogP contribution in [0.2, 0.25) is 0 Å². The molecule has 0 atom stereocenters. The van der Waals surface area contributed by atoms with Crippen molar-refractivity contribution in [3.63, 3.8) is 0 Å². The molecule has 0 saturated carbocycles. The first-order valence-electron chi connectivity index (χ1n) is 8.64. The van der Waals surface area contributed by atoms with Gasteiger partial charge < -0.3 is 9.80 Å². The van der Waals surface area contributed by atoms with Crippen molar-refractivity contribution in [1.82, 2.24) is 14.8 Å². The molecule has 8 heteroatoms.